The lowest BCUT2D eigenvalue weighted by Crippen LogP contribution is -2.03. The van der Waals surface area contributed by atoms with Gasteiger partial charge >= 0.3 is 0 Å². The second-order valence-electron chi connectivity index (χ2n) is 5.99. The third kappa shape index (κ3) is 2.84. The molecule has 6 nitrogen and oxygen atoms in total. The van der Waals surface area contributed by atoms with Crippen molar-refractivity contribution in [2.45, 2.75) is 39.3 Å². The summed E-state index contributed by atoms with van der Waals surface area (Å²) in [6.45, 7) is 4.91. The molecule has 1 saturated carbocycles. The van der Waals surface area contributed by atoms with Crippen molar-refractivity contribution in [1.82, 2.24) is 24.6 Å². The molecule has 118 valence electrons. The molecule has 0 spiro atoms. The van der Waals surface area contributed by atoms with Gasteiger partial charge in [0.25, 0.3) is 0 Å². The van der Waals surface area contributed by atoms with Gasteiger partial charge in [-0.15, -0.1) is 5.10 Å². The molecule has 2 aromatic heterocycles. The number of tetrazole rings is 1. The summed E-state index contributed by atoms with van der Waals surface area (Å²) in [5.74, 6) is 0.863. The first-order chi connectivity index (χ1) is 11.2. The summed E-state index contributed by atoms with van der Waals surface area (Å²) in [5, 5.41) is 17.8. The summed E-state index contributed by atoms with van der Waals surface area (Å²) in [6, 6.07) is 6.81. The predicted molar refractivity (Wildman–Crippen MR) is 90.4 cm³/mol. The Morgan fingerprint density at radius 2 is 2.17 bits per heavy atom. The zero-order valence-corrected chi connectivity index (χ0v) is 14.0. The van der Waals surface area contributed by atoms with E-state index >= 15 is 0 Å². The van der Waals surface area contributed by atoms with E-state index in [4.69, 9.17) is 0 Å². The average molecular weight is 326 g/mol. The summed E-state index contributed by atoms with van der Waals surface area (Å²) in [6.07, 6.45) is 2.33. The van der Waals surface area contributed by atoms with Crippen LogP contribution < -0.4 is 5.32 Å². The van der Waals surface area contributed by atoms with Crippen molar-refractivity contribution >= 4 is 17.2 Å². The standard InChI is InChI=1S/C16H18N6S/c1-10-3-4-13(17-8-12-9-23-19-11(12)2)7-15(10)16-18-20-21-22(16)14-5-6-14/h3-4,7,9,14,17H,5-6,8H2,1-2H3. The van der Waals surface area contributed by atoms with Gasteiger partial charge in [-0.1, -0.05) is 6.07 Å². The van der Waals surface area contributed by atoms with Gasteiger partial charge in [0.15, 0.2) is 5.82 Å². The minimum absolute atomic E-state index is 0.468. The lowest BCUT2D eigenvalue weighted by molar-refractivity contribution is 0.615. The van der Waals surface area contributed by atoms with Crippen LogP contribution in [0, 0.1) is 13.8 Å². The van der Waals surface area contributed by atoms with Crippen molar-refractivity contribution in [3.05, 3.63) is 40.4 Å². The Labute approximate surface area is 138 Å². The molecule has 0 atom stereocenters. The maximum absolute atomic E-state index is 4.31. The van der Waals surface area contributed by atoms with Crippen molar-refractivity contribution in [3.8, 4) is 11.4 Å². The highest BCUT2D eigenvalue weighted by Gasteiger charge is 2.28. The summed E-state index contributed by atoms with van der Waals surface area (Å²) < 4.78 is 6.27. The van der Waals surface area contributed by atoms with Gasteiger partial charge in [-0.3, -0.25) is 0 Å². The highest BCUT2D eigenvalue weighted by atomic mass is 32.1. The molecule has 0 radical (unpaired) electrons. The van der Waals surface area contributed by atoms with E-state index in [0.717, 1.165) is 29.3 Å². The number of hydrogen-bond donors (Lipinski definition) is 1. The Hall–Kier alpha value is -2.28. The fourth-order valence-electron chi connectivity index (χ4n) is 2.59. The SMILES string of the molecule is Cc1ccc(NCc2csnc2C)cc1-c1nnnn1C1CC1. The smallest absolute Gasteiger partial charge is 0.182 e. The van der Waals surface area contributed by atoms with Gasteiger partial charge in [-0.05, 0) is 66.3 Å². The van der Waals surface area contributed by atoms with Crippen LogP contribution in [0.1, 0.15) is 35.7 Å². The van der Waals surface area contributed by atoms with E-state index in [1.807, 2.05) is 11.6 Å². The van der Waals surface area contributed by atoms with Crippen LogP contribution in [-0.2, 0) is 6.54 Å². The van der Waals surface area contributed by atoms with Gasteiger partial charge in [0.1, 0.15) is 0 Å². The zero-order chi connectivity index (χ0) is 15.8. The zero-order valence-electron chi connectivity index (χ0n) is 13.2. The molecule has 0 saturated heterocycles. The summed E-state index contributed by atoms with van der Waals surface area (Å²) in [7, 11) is 0. The van der Waals surface area contributed by atoms with Crippen molar-refractivity contribution in [2.24, 2.45) is 0 Å². The number of benzene rings is 1. The molecule has 2 heterocycles. The van der Waals surface area contributed by atoms with Crippen LogP contribution in [0.25, 0.3) is 11.4 Å². The topological polar surface area (TPSA) is 68.5 Å². The van der Waals surface area contributed by atoms with Gasteiger partial charge in [0.05, 0.1) is 11.7 Å². The fourth-order valence-corrected chi connectivity index (χ4v) is 3.30. The molecule has 1 N–H and O–H groups in total. The first-order valence-electron chi connectivity index (χ1n) is 7.75. The normalized spacial score (nSPS) is 14.2. The molecule has 3 aromatic rings. The second-order valence-corrected chi connectivity index (χ2v) is 6.62. The number of nitrogens with one attached hydrogen (secondary N) is 1. The number of nitrogens with zero attached hydrogens (tertiary/aromatic N) is 5. The molecule has 1 aliphatic carbocycles. The summed E-state index contributed by atoms with van der Waals surface area (Å²) in [5.41, 5.74) is 5.67. The van der Waals surface area contributed by atoms with E-state index in [9.17, 15) is 0 Å². The largest absolute Gasteiger partial charge is 0.381 e. The Kier molecular flexibility index (Phi) is 3.57. The lowest BCUT2D eigenvalue weighted by Gasteiger charge is -2.11. The summed E-state index contributed by atoms with van der Waals surface area (Å²) in [4.78, 5) is 0. The Morgan fingerprint density at radius 3 is 2.91 bits per heavy atom. The number of aryl methyl sites for hydroxylation is 2. The number of hydrogen-bond acceptors (Lipinski definition) is 6. The highest BCUT2D eigenvalue weighted by molar-refractivity contribution is 7.03. The molecule has 0 amide bonds. The third-order valence-corrected chi connectivity index (χ3v) is 4.97. The van der Waals surface area contributed by atoms with E-state index < -0.39 is 0 Å². The molecule has 0 aliphatic heterocycles. The van der Waals surface area contributed by atoms with E-state index in [1.165, 1.54) is 35.5 Å². The quantitative estimate of drug-likeness (QED) is 0.778. The minimum atomic E-state index is 0.468. The van der Waals surface area contributed by atoms with Crippen LogP contribution in [-0.4, -0.2) is 24.6 Å². The van der Waals surface area contributed by atoms with Crippen LogP contribution in [0.15, 0.2) is 23.6 Å². The molecular formula is C16H18N6S. The number of aromatic nitrogens is 5. The van der Waals surface area contributed by atoms with Crippen molar-refractivity contribution in [3.63, 3.8) is 0 Å². The lowest BCUT2D eigenvalue weighted by atomic mass is 10.1. The Morgan fingerprint density at radius 1 is 1.30 bits per heavy atom. The minimum Gasteiger partial charge on any atom is -0.381 e. The molecule has 23 heavy (non-hydrogen) atoms. The fraction of sp³-hybridized carbons (Fsp3) is 0.375. The molecule has 7 heteroatoms. The first-order valence-corrected chi connectivity index (χ1v) is 8.58. The molecule has 1 fully saturated rings. The van der Waals surface area contributed by atoms with E-state index in [2.05, 4.69) is 55.7 Å². The average Bonchev–Trinajstić information content (AvgIpc) is 3.13. The molecular weight excluding hydrogens is 308 g/mol. The first kappa shape index (κ1) is 14.3. The monoisotopic (exact) mass is 326 g/mol. The van der Waals surface area contributed by atoms with Gasteiger partial charge in [-0.25, -0.2) is 4.68 Å². The van der Waals surface area contributed by atoms with Gasteiger partial charge in [-0.2, -0.15) is 4.37 Å². The van der Waals surface area contributed by atoms with Crippen LogP contribution in [0.3, 0.4) is 0 Å². The Bertz CT molecular complexity index is 833. The van der Waals surface area contributed by atoms with Crippen molar-refractivity contribution < 1.29 is 0 Å². The van der Waals surface area contributed by atoms with Crippen LogP contribution >= 0.6 is 11.5 Å². The molecule has 0 unspecified atom stereocenters. The maximum atomic E-state index is 4.31. The maximum Gasteiger partial charge on any atom is 0.182 e. The second kappa shape index (κ2) is 5.73. The number of rotatable bonds is 5. The van der Waals surface area contributed by atoms with Gasteiger partial charge in [0.2, 0.25) is 0 Å². The van der Waals surface area contributed by atoms with Crippen molar-refractivity contribution in [2.75, 3.05) is 5.32 Å². The van der Waals surface area contributed by atoms with E-state index in [-0.39, 0.29) is 0 Å². The van der Waals surface area contributed by atoms with Gasteiger partial charge in [0, 0.05) is 28.7 Å². The third-order valence-electron chi connectivity index (χ3n) is 4.20. The van der Waals surface area contributed by atoms with E-state index in [0.29, 0.717) is 6.04 Å². The molecule has 1 aromatic carbocycles. The number of anilines is 1. The highest BCUT2D eigenvalue weighted by Crippen LogP contribution is 2.37. The van der Waals surface area contributed by atoms with Gasteiger partial charge < -0.3 is 5.32 Å². The van der Waals surface area contributed by atoms with Crippen LogP contribution in [0.5, 0.6) is 0 Å². The molecule has 4 rings (SSSR count). The van der Waals surface area contributed by atoms with Crippen molar-refractivity contribution in [1.29, 1.82) is 0 Å². The summed E-state index contributed by atoms with van der Waals surface area (Å²) >= 11 is 1.50. The molecule has 0 bridgehead atoms. The van der Waals surface area contributed by atoms with Crippen LogP contribution in [0.2, 0.25) is 0 Å². The van der Waals surface area contributed by atoms with Crippen LogP contribution in [0.4, 0.5) is 5.69 Å². The predicted octanol–water partition coefficient (Wildman–Crippen LogP) is 3.36. The van der Waals surface area contributed by atoms with E-state index in [1.54, 1.807) is 0 Å². The Balaban J connectivity index is 1.60. The molecule has 1 aliphatic rings.